The van der Waals surface area contributed by atoms with Crippen molar-refractivity contribution in [3.8, 4) is 0 Å². The van der Waals surface area contributed by atoms with Crippen LogP contribution in [0.4, 0.5) is 23.2 Å². The second-order valence-corrected chi connectivity index (χ2v) is 8.40. The van der Waals surface area contributed by atoms with Crippen molar-refractivity contribution in [2.24, 2.45) is 5.10 Å². The summed E-state index contributed by atoms with van der Waals surface area (Å²) in [5.41, 5.74) is 3.63. The van der Waals surface area contributed by atoms with Gasteiger partial charge < -0.3 is 10.1 Å². The van der Waals surface area contributed by atoms with Crippen LogP contribution in [0.3, 0.4) is 0 Å². The summed E-state index contributed by atoms with van der Waals surface area (Å²) >= 11 is 1.41. The van der Waals surface area contributed by atoms with E-state index in [0.29, 0.717) is 28.3 Å². The van der Waals surface area contributed by atoms with Gasteiger partial charge in [0.1, 0.15) is 23.9 Å². The predicted octanol–water partition coefficient (Wildman–Crippen LogP) is 5.67. The number of amides is 1. The number of ether oxygens (including phenoxy) is 1. The van der Waals surface area contributed by atoms with Crippen molar-refractivity contribution in [2.45, 2.75) is 19.1 Å². The van der Waals surface area contributed by atoms with E-state index in [4.69, 9.17) is 4.74 Å². The molecule has 1 amide bonds. The second kappa shape index (κ2) is 9.68. The number of hydrogen-bond acceptors (Lipinski definition) is 5. The molecule has 2 N–H and O–H groups in total. The van der Waals surface area contributed by atoms with Gasteiger partial charge in [-0.2, -0.15) is 18.3 Å². The fraction of sp³-hybridized carbons (Fsp3) is 0.167. The van der Waals surface area contributed by atoms with E-state index in [2.05, 4.69) is 15.8 Å². The van der Waals surface area contributed by atoms with Gasteiger partial charge in [-0.05, 0) is 54.8 Å². The van der Waals surface area contributed by atoms with E-state index < -0.39 is 17.6 Å². The Morgan fingerprint density at radius 2 is 1.82 bits per heavy atom. The van der Waals surface area contributed by atoms with Crippen LogP contribution in [-0.2, 0) is 15.7 Å². The molecule has 1 aliphatic heterocycles. The Hall–Kier alpha value is -3.66. The number of nitrogens with zero attached hydrogens (tertiary/aromatic N) is 1. The van der Waals surface area contributed by atoms with E-state index in [9.17, 15) is 22.4 Å². The average molecular weight is 489 g/mol. The SMILES string of the molecule is CC1NC(=O)C(c2cccs2)=C1OCC(=NNc1ccc(C(F)(F)F)cc1)c1ccc(F)cc1. The van der Waals surface area contributed by atoms with Gasteiger partial charge in [0, 0.05) is 10.4 Å². The molecule has 10 heteroatoms. The smallest absolute Gasteiger partial charge is 0.416 e. The van der Waals surface area contributed by atoms with Gasteiger partial charge in [0.2, 0.25) is 0 Å². The van der Waals surface area contributed by atoms with Gasteiger partial charge in [-0.25, -0.2) is 4.39 Å². The lowest BCUT2D eigenvalue weighted by atomic mass is 10.1. The zero-order valence-corrected chi connectivity index (χ0v) is 18.6. The first-order valence-electron chi connectivity index (χ1n) is 10.2. The Balaban J connectivity index is 1.59. The number of thiophene rings is 1. The van der Waals surface area contributed by atoms with Crippen LogP contribution >= 0.6 is 11.3 Å². The summed E-state index contributed by atoms with van der Waals surface area (Å²) < 4.78 is 57.9. The molecule has 176 valence electrons. The molecule has 4 rings (SSSR count). The number of carbonyl (C=O) groups excluding carboxylic acids is 1. The number of alkyl halides is 3. The van der Waals surface area contributed by atoms with E-state index in [1.807, 2.05) is 17.5 Å². The van der Waals surface area contributed by atoms with Crippen LogP contribution in [-0.4, -0.2) is 24.3 Å². The molecule has 0 bridgehead atoms. The van der Waals surface area contributed by atoms with Gasteiger partial charge >= 0.3 is 6.18 Å². The lowest BCUT2D eigenvalue weighted by molar-refractivity contribution is -0.137. The van der Waals surface area contributed by atoms with Crippen LogP contribution in [0.2, 0.25) is 0 Å². The predicted molar refractivity (Wildman–Crippen MR) is 123 cm³/mol. The molecule has 1 atom stereocenters. The highest BCUT2D eigenvalue weighted by molar-refractivity contribution is 7.11. The van der Waals surface area contributed by atoms with Crippen molar-refractivity contribution in [3.63, 3.8) is 0 Å². The molecule has 1 aromatic heterocycles. The third-order valence-corrected chi connectivity index (χ3v) is 5.94. The van der Waals surface area contributed by atoms with Gasteiger partial charge in [0.15, 0.2) is 0 Å². The topological polar surface area (TPSA) is 62.7 Å². The van der Waals surface area contributed by atoms with Crippen LogP contribution < -0.4 is 10.7 Å². The number of carbonyl (C=O) groups is 1. The largest absolute Gasteiger partial charge is 0.488 e. The number of hydrogen-bond donors (Lipinski definition) is 2. The highest BCUT2D eigenvalue weighted by Gasteiger charge is 2.32. The van der Waals surface area contributed by atoms with E-state index in [0.717, 1.165) is 17.0 Å². The molecule has 0 radical (unpaired) electrons. The Morgan fingerprint density at radius 3 is 2.44 bits per heavy atom. The molecular weight excluding hydrogens is 470 g/mol. The Labute approximate surface area is 196 Å². The molecule has 1 unspecified atom stereocenters. The quantitative estimate of drug-likeness (QED) is 0.256. The first kappa shape index (κ1) is 23.5. The minimum atomic E-state index is -4.44. The number of rotatable bonds is 7. The molecule has 34 heavy (non-hydrogen) atoms. The van der Waals surface area contributed by atoms with E-state index in [1.165, 1.54) is 47.7 Å². The van der Waals surface area contributed by atoms with Gasteiger partial charge in [0.25, 0.3) is 5.91 Å². The normalized spacial score (nSPS) is 16.6. The summed E-state index contributed by atoms with van der Waals surface area (Å²) in [4.78, 5) is 13.2. The van der Waals surface area contributed by atoms with Crippen molar-refractivity contribution in [1.82, 2.24) is 5.32 Å². The van der Waals surface area contributed by atoms with Crippen LogP contribution in [0.15, 0.2) is 76.9 Å². The number of anilines is 1. The fourth-order valence-corrected chi connectivity index (χ4v) is 4.12. The molecule has 5 nitrogen and oxygen atoms in total. The lowest BCUT2D eigenvalue weighted by Gasteiger charge is -2.15. The average Bonchev–Trinajstić information content (AvgIpc) is 3.41. The molecular formula is C24H19F4N3O2S. The molecule has 0 spiro atoms. The zero-order valence-electron chi connectivity index (χ0n) is 17.8. The van der Waals surface area contributed by atoms with E-state index >= 15 is 0 Å². The van der Waals surface area contributed by atoms with Crippen LogP contribution in [0, 0.1) is 5.82 Å². The number of benzene rings is 2. The van der Waals surface area contributed by atoms with E-state index in [-0.39, 0.29) is 18.6 Å². The first-order valence-corrected chi connectivity index (χ1v) is 11.1. The summed E-state index contributed by atoms with van der Waals surface area (Å²) in [6.07, 6.45) is -4.44. The zero-order chi connectivity index (χ0) is 24.3. The molecule has 2 aromatic carbocycles. The number of halogens is 4. The summed E-state index contributed by atoms with van der Waals surface area (Å²) in [5.74, 6) is -0.216. The number of nitrogens with one attached hydrogen (secondary N) is 2. The molecule has 0 saturated heterocycles. The molecule has 1 aliphatic rings. The lowest BCUT2D eigenvalue weighted by Crippen LogP contribution is -2.26. The number of hydrazone groups is 1. The minimum Gasteiger partial charge on any atom is -0.488 e. The van der Waals surface area contributed by atoms with Crippen molar-refractivity contribution in [3.05, 3.63) is 93.6 Å². The second-order valence-electron chi connectivity index (χ2n) is 7.45. The highest BCUT2D eigenvalue weighted by atomic mass is 32.1. The van der Waals surface area contributed by atoms with Crippen molar-refractivity contribution in [1.29, 1.82) is 0 Å². The van der Waals surface area contributed by atoms with Gasteiger partial charge in [0.05, 0.1) is 22.9 Å². The van der Waals surface area contributed by atoms with Crippen molar-refractivity contribution >= 4 is 34.2 Å². The molecule has 0 aliphatic carbocycles. The maximum atomic E-state index is 13.4. The Morgan fingerprint density at radius 1 is 1.12 bits per heavy atom. The third kappa shape index (κ3) is 5.28. The van der Waals surface area contributed by atoms with Crippen molar-refractivity contribution < 1.29 is 27.1 Å². The minimum absolute atomic E-state index is 0.0667. The highest BCUT2D eigenvalue weighted by Crippen LogP contribution is 2.31. The molecule has 0 saturated carbocycles. The van der Waals surface area contributed by atoms with Gasteiger partial charge in [-0.3, -0.25) is 10.2 Å². The van der Waals surface area contributed by atoms with E-state index in [1.54, 1.807) is 6.92 Å². The van der Waals surface area contributed by atoms with Gasteiger partial charge in [-0.1, -0.05) is 18.2 Å². The van der Waals surface area contributed by atoms with Crippen LogP contribution in [0.1, 0.15) is 22.9 Å². The summed E-state index contributed by atoms with van der Waals surface area (Å²) in [7, 11) is 0. The third-order valence-electron chi connectivity index (χ3n) is 5.06. The fourth-order valence-electron chi connectivity index (χ4n) is 3.35. The van der Waals surface area contributed by atoms with Crippen LogP contribution in [0.5, 0.6) is 0 Å². The van der Waals surface area contributed by atoms with Gasteiger partial charge in [-0.15, -0.1) is 11.3 Å². The summed E-state index contributed by atoms with van der Waals surface area (Å²) in [6.45, 7) is 1.73. The molecule has 2 heterocycles. The maximum absolute atomic E-state index is 13.4. The van der Waals surface area contributed by atoms with Crippen molar-refractivity contribution in [2.75, 3.05) is 12.0 Å². The first-order chi connectivity index (χ1) is 16.2. The standard InChI is InChI=1S/C24H19F4N3O2S/c1-14-22(21(23(32)29-14)20-3-2-12-34-20)33-13-19(15-4-8-17(25)9-5-15)31-30-18-10-6-16(7-11-18)24(26,27)28/h2-12,14,30H,13H2,1H3,(H,29,32). The Bertz CT molecular complexity index is 1220. The summed E-state index contributed by atoms with van der Waals surface area (Å²) in [6, 6.07) is 13.3. The summed E-state index contributed by atoms with van der Waals surface area (Å²) in [5, 5.41) is 8.97. The van der Waals surface area contributed by atoms with Crippen LogP contribution in [0.25, 0.3) is 5.57 Å². The Kier molecular flexibility index (Phi) is 6.69. The maximum Gasteiger partial charge on any atom is 0.416 e. The monoisotopic (exact) mass is 489 g/mol. The molecule has 0 fully saturated rings. The molecule has 3 aromatic rings.